The molecule has 0 saturated carbocycles. The van der Waals surface area contributed by atoms with Gasteiger partial charge >= 0.3 is 7.12 Å². The van der Waals surface area contributed by atoms with Gasteiger partial charge in [0.2, 0.25) is 0 Å². The van der Waals surface area contributed by atoms with E-state index >= 15 is 0 Å². The molecule has 2 rings (SSSR count). The van der Waals surface area contributed by atoms with Crippen LogP contribution in [0.1, 0.15) is 31.7 Å². The minimum atomic E-state index is -1.36. The van der Waals surface area contributed by atoms with Gasteiger partial charge in [0.05, 0.1) is 0 Å². The van der Waals surface area contributed by atoms with Gasteiger partial charge < -0.3 is 10.0 Å². The van der Waals surface area contributed by atoms with Crippen molar-refractivity contribution in [1.29, 1.82) is 0 Å². The highest BCUT2D eigenvalue weighted by Crippen LogP contribution is 2.21. The molecule has 0 spiro atoms. The number of rotatable bonds is 4. The fourth-order valence-electron chi connectivity index (χ4n) is 2.61. The third kappa shape index (κ3) is 3.58. The predicted octanol–water partition coefficient (Wildman–Crippen LogP) is 0.988. The minimum absolute atomic E-state index is 0.559. The normalized spacial score (nSPS) is 17.9. The summed E-state index contributed by atoms with van der Waals surface area (Å²) in [6.45, 7) is 5.61. The first-order chi connectivity index (χ1) is 8.69. The maximum atomic E-state index is 9.04. The molecule has 1 saturated heterocycles. The van der Waals surface area contributed by atoms with Crippen LogP contribution in [0.25, 0.3) is 0 Å². The molecule has 2 N–H and O–H groups in total. The molecular formula is C14H22BNO2. The topological polar surface area (TPSA) is 43.7 Å². The lowest BCUT2D eigenvalue weighted by atomic mass is 9.80. The van der Waals surface area contributed by atoms with E-state index in [9.17, 15) is 0 Å². The smallest absolute Gasteiger partial charge is 0.423 e. The van der Waals surface area contributed by atoms with Gasteiger partial charge in [-0.15, -0.1) is 0 Å². The lowest BCUT2D eigenvalue weighted by molar-refractivity contribution is 0.175. The van der Waals surface area contributed by atoms with E-state index in [1.165, 1.54) is 37.9 Å². The van der Waals surface area contributed by atoms with E-state index in [4.69, 9.17) is 10.0 Å². The Morgan fingerprint density at radius 1 is 1.17 bits per heavy atom. The molecule has 0 aliphatic carbocycles. The second kappa shape index (κ2) is 6.37. The summed E-state index contributed by atoms with van der Waals surface area (Å²) in [4.78, 5) is 2.48. The summed E-state index contributed by atoms with van der Waals surface area (Å²) < 4.78 is 0. The molecule has 0 radical (unpaired) electrons. The van der Waals surface area contributed by atoms with Gasteiger partial charge in [-0.1, -0.05) is 37.6 Å². The van der Waals surface area contributed by atoms with Crippen molar-refractivity contribution in [1.82, 2.24) is 4.90 Å². The Bertz CT molecular complexity index is 359. The van der Waals surface area contributed by atoms with Crippen LogP contribution in [0.2, 0.25) is 0 Å². The maximum absolute atomic E-state index is 9.04. The molecule has 1 aromatic rings. The van der Waals surface area contributed by atoms with Gasteiger partial charge in [0, 0.05) is 6.54 Å². The Balaban J connectivity index is 1.86. The van der Waals surface area contributed by atoms with E-state index < -0.39 is 7.12 Å². The Kier molecular flexibility index (Phi) is 4.81. The van der Waals surface area contributed by atoms with Crippen LogP contribution in [-0.2, 0) is 6.54 Å². The van der Waals surface area contributed by atoms with Crippen molar-refractivity contribution in [3.8, 4) is 0 Å². The van der Waals surface area contributed by atoms with Gasteiger partial charge in [0.25, 0.3) is 0 Å². The molecule has 4 heteroatoms. The Morgan fingerprint density at radius 3 is 2.28 bits per heavy atom. The van der Waals surface area contributed by atoms with E-state index in [0.717, 1.165) is 12.5 Å². The first kappa shape index (κ1) is 13.6. The SMILES string of the molecule is CCC1CCN(Cc2ccc(B(O)O)cc2)CC1. The quantitative estimate of drug-likeness (QED) is 0.780. The van der Waals surface area contributed by atoms with Gasteiger partial charge in [0.15, 0.2) is 0 Å². The molecule has 0 bridgehead atoms. The lowest BCUT2D eigenvalue weighted by Gasteiger charge is -2.31. The second-order valence-electron chi connectivity index (χ2n) is 5.24. The number of hydrogen-bond donors (Lipinski definition) is 2. The van der Waals surface area contributed by atoms with E-state index in [2.05, 4.69) is 11.8 Å². The summed E-state index contributed by atoms with van der Waals surface area (Å²) in [5.74, 6) is 0.910. The maximum Gasteiger partial charge on any atom is 0.488 e. The molecule has 0 amide bonds. The number of hydrogen-bond acceptors (Lipinski definition) is 3. The van der Waals surface area contributed by atoms with Crippen molar-refractivity contribution in [2.75, 3.05) is 13.1 Å². The number of nitrogens with zero attached hydrogens (tertiary/aromatic N) is 1. The third-order valence-electron chi connectivity index (χ3n) is 3.97. The van der Waals surface area contributed by atoms with Gasteiger partial charge in [-0.25, -0.2) is 0 Å². The zero-order valence-corrected chi connectivity index (χ0v) is 11.0. The van der Waals surface area contributed by atoms with E-state index in [1.54, 1.807) is 12.1 Å². The molecule has 0 unspecified atom stereocenters. The number of piperidine rings is 1. The Labute approximate surface area is 110 Å². The summed E-state index contributed by atoms with van der Waals surface area (Å²) in [6, 6.07) is 7.55. The minimum Gasteiger partial charge on any atom is -0.423 e. The molecule has 1 aliphatic rings. The van der Waals surface area contributed by atoms with Crippen molar-refractivity contribution in [2.45, 2.75) is 32.7 Å². The zero-order valence-electron chi connectivity index (χ0n) is 11.0. The van der Waals surface area contributed by atoms with Crippen LogP contribution >= 0.6 is 0 Å². The second-order valence-corrected chi connectivity index (χ2v) is 5.24. The Morgan fingerprint density at radius 2 is 1.78 bits per heavy atom. The van der Waals surface area contributed by atoms with Gasteiger partial charge in [-0.05, 0) is 42.9 Å². The Hall–Kier alpha value is -0.835. The van der Waals surface area contributed by atoms with Gasteiger partial charge in [-0.3, -0.25) is 4.90 Å². The third-order valence-corrected chi connectivity index (χ3v) is 3.97. The average molecular weight is 247 g/mol. The summed E-state index contributed by atoms with van der Waals surface area (Å²) in [5.41, 5.74) is 1.80. The van der Waals surface area contributed by atoms with Crippen molar-refractivity contribution in [3.63, 3.8) is 0 Å². The fourth-order valence-corrected chi connectivity index (χ4v) is 2.61. The monoisotopic (exact) mass is 247 g/mol. The van der Waals surface area contributed by atoms with Crippen LogP contribution in [0, 0.1) is 5.92 Å². The average Bonchev–Trinajstić information content (AvgIpc) is 2.40. The molecule has 1 aliphatic heterocycles. The molecule has 1 heterocycles. The van der Waals surface area contributed by atoms with Crippen molar-refractivity contribution < 1.29 is 10.0 Å². The van der Waals surface area contributed by atoms with E-state index in [1.807, 2.05) is 12.1 Å². The van der Waals surface area contributed by atoms with E-state index in [0.29, 0.717) is 5.46 Å². The van der Waals surface area contributed by atoms with Crippen LogP contribution < -0.4 is 5.46 Å². The van der Waals surface area contributed by atoms with Crippen LogP contribution in [-0.4, -0.2) is 35.2 Å². The highest BCUT2D eigenvalue weighted by Gasteiger charge is 2.17. The molecule has 3 nitrogen and oxygen atoms in total. The van der Waals surface area contributed by atoms with Crippen LogP contribution in [0.15, 0.2) is 24.3 Å². The summed E-state index contributed by atoms with van der Waals surface area (Å²) >= 11 is 0. The summed E-state index contributed by atoms with van der Waals surface area (Å²) in [5, 5.41) is 18.1. The molecule has 0 atom stereocenters. The van der Waals surface area contributed by atoms with Crippen molar-refractivity contribution in [2.24, 2.45) is 5.92 Å². The van der Waals surface area contributed by atoms with Crippen LogP contribution in [0.5, 0.6) is 0 Å². The largest absolute Gasteiger partial charge is 0.488 e. The van der Waals surface area contributed by atoms with Gasteiger partial charge in [-0.2, -0.15) is 0 Å². The molecule has 18 heavy (non-hydrogen) atoms. The molecule has 1 fully saturated rings. The molecular weight excluding hydrogens is 225 g/mol. The van der Waals surface area contributed by atoms with E-state index in [-0.39, 0.29) is 0 Å². The first-order valence-electron chi connectivity index (χ1n) is 6.86. The number of benzene rings is 1. The van der Waals surface area contributed by atoms with Gasteiger partial charge in [0.1, 0.15) is 0 Å². The summed E-state index contributed by atoms with van der Waals surface area (Å²) in [7, 11) is -1.36. The molecule has 0 aromatic heterocycles. The standard InChI is InChI=1S/C14H22BNO2/c1-2-12-7-9-16(10-8-12)11-13-3-5-14(6-4-13)15(17)18/h3-6,12,17-18H,2,7-11H2,1H3. The highest BCUT2D eigenvalue weighted by atomic mass is 16.4. The predicted molar refractivity (Wildman–Crippen MR) is 74.6 cm³/mol. The molecule has 1 aromatic carbocycles. The van der Waals surface area contributed by atoms with Crippen LogP contribution in [0.3, 0.4) is 0 Å². The van der Waals surface area contributed by atoms with Crippen LogP contribution in [0.4, 0.5) is 0 Å². The number of likely N-dealkylation sites (tertiary alicyclic amines) is 1. The lowest BCUT2D eigenvalue weighted by Crippen LogP contribution is -2.33. The first-order valence-corrected chi connectivity index (χ1v) is 6.86. The summed E-state index contributed by atoms with van der Waals surface area (Å²) in [6.07, 6.45) is 3.92. The van der Waals surface area contributed by atoms with Crippen molar-refractivity contribution >= 4 is 12.6 Å². The van der Waals surface area contributed by atoms with Crippen molar-refractivity contribution in [3.05, 3.63) is 29.8 Å². The highest BCUT2D eigenvalue weighted by molar-refractivity contribution is 6.58. The zero-order chi connectivity index (χ0) is 13.0. The molecule has 98 valence electrons. The fraction of sp³-hybridized carbons (Fsp3) is 0.571.